The van der Waals surface area contributed by atoms with Crippen LogP contribution in [0.4, 0.5) is 0 Å². The number of hydrogen-bond donors (Lipinski definition) is 1. The van der Waals surface area contributed by atoms with Crippen molar-refractivity contribution in [2.45, 2.75) is 32.4 Å². The van der Waals surface area contributed by atoms with Crippen molar-refractivity contribution in [2.24, 2.45) is 5.92 Å². The van der Waals surface area contributed by atoms with Crippen molar-refractivity contribution in [2.75, 3.05) is 33.7 Å². The van der Waals surface area contributed by atoms with Gasteiger partial charge in [0.05, 0.1) is 17.8 Å². The van der Waals surface area contributed by atoms with Crippen molar-refractivity contribution < 1.29 is 9.59 Å². The Hall–Kier alpha value is -2.26. The van der Waals surface area contributed by atoms with E-state index in [9.17, 15) is 14.4 Å². The molecule has 28 heavy (non-hydrogen) atoms. The molecule has 0 unspecified atom stereocenters. The van der Waals surface area contributed by atoms with E-state index in [1.165, 1.54) is 22.2 Å². The van der Waals surface area contributed by atoms with Crippen LogP contribution in [0.5, 0.6) is 0 Å². The molecule has 1 fully saturated rings. The van der Waals surface area contributed by atoms with E-state index in [1.54, 1.807) is 11.0 Å². The van der Waals surface area contributed by atoms with E-state index < -0.39 is 0 Å². The van der Waals surface area contributed by atoms with Gasteiger partial charge in [0, 0.05) is 32.7 Å². The summed E-state index contributed by atoms with van der Waals surface area (Å²) >= 11 is 1.33. The summed E-state index contributed by atoms with van der Waals surface area (Å²) < 4.78 is 1.91. The summed E-state index contributed by atoms with van der Waals surface area (Å²) in [5.41, 5.74) is 0.464. The third-order valence-electron chi connectivity index (χ3n) is 5.24. The summed E-state index contributed by atoms with van der Waals surface area (Å²) in [6.07, 6.45) is 2.90. The minimum Gasteiger partial charge on any atom is -0.351 e. The normalized spacial score (nSPS) is 20.7. The first-order chi connectivity index (χ1) is 13.4. The van der Waals surface area contributed by atoms with Crippen molar-refractivity contribution in [3.05, 3.63) is 28.1 Å². The maximum absolute atomic E-state index is 12.5. The number of aromatic nitrogens is 2. The highest BCUT2D eigenvalue weighted by atomic mass is 32.1. The molecule has 2 atom stereocenters. The first kappa shape index (κ1) is 20.5. The van der Waals surface area contributed by atoms with E-state index in [0.29, 0.717) is 29.9 Å². The number of carbonyl (C=O) groups excluding carboxylic acids is 2. The number of rotatable bonds is 5. The van der Waals surface area contributed by atoms with Crippen molar-refractivity contribution >= 4 is 33.4 Å². The van der Waals surface area contributed by atoms with E-state index in [1.807, 2.05) is 26.4 Å². The maximum Gasteiger partial charge on any atom is 0.271 e. The topological polar surface area (TPSA) is 87.5 Å². The van der Waals surface area contributed by atoms with Gasteiger partial charge >= 0.3 is 0 Å². The van der Waals surface area contributed by atoms with Crippen LogP contribution < -0.4 is 10.9 Å². The summed E-state index contributed by atoms with van der Waals surface area (Å²) in [6, 6.07) is 1.75. The molecule has 0 radical (unpaired) electrons. The van der Waals surface area contributed by atoms with Crippen LogP contribution in [0, 0.1) is 5.92 Å². The Morgan fingerprint density at radius 2 is 2.14 bits per heavy atom. The molecule has 1 aliphatic heterocycles. The monoisotopic (exact) mass is 405 g/mol. The second-order valence-corrected chi connectivity index (χ2v) is 8.34. The Labute approximate surface area is 168 Å². The number of hydrogen-bond acceptors (Lipinski definition) is 6. The average Bonchev–Trinajstić information content (AvgIpc) is 3.07. The quantitative estimate of drug-likeness (QED) is 0.794. The number of fused-ring (bicyclic) bond motifs is 1. The van der Waals surface area contributed by atoms with Gasteiger partial charge in [-0.1, -0.05) is 0 Å². The largest absolute Gasteiger partial charge is 0.351 e. The molecule has 0 saturated carbocycles. The Bertz CT molecular complexity index is 908. The van der Waals surface area contributed by atoms with Crippen molar-refractivity contribution in [1.29, 1.82) is 0 Å². The first-order valence-electron chi connectivity index (χ1n) is 9.54. The number of carbonyl (C=O) groups is 2. The third kappa shape index (κ3) is 4.59. The smallest absolute Gasteiger partial charge is 0.271 e. The van der Waals surface area contributed by atoms with Gasteiger partial charge < -0.3 is 15.1 Å². The predicted octanol–water partition coefficient (Wildman–Crippen LogP) is 0.763. The molecule has 2 amide bonds. The van der Waals surface area contributed by atoms with Crippen LogP contribution in [-0.2, 0) is 16.1 Å². The number of thiophene rings is 1. The second-order valence-electron chi connectivity index (χ2n) is 7.42. The lowest BCUT2D eigenvalue weighted by atomic mass is 10.0. The fraction of sp³-hybridized carbons (Fsp3) is 0.579. The van der Waals surface area contributed by atoms with E-state index in [2.05, 4.69) is 15.2 Å². The number of likely N-dealkylation sites (N-methyl/N-ethyl adjacent to an activating group) is 1. The van der Waals surface area contributed by atoms with Crippen LogP contribution in [0.15, 0.2) is 22.6 Å². The molecule has 3 heterocycles. The summed E-state index contributed by atoms with van der Waals surface area (Å²) in [4.78, 5) is 45.5. The van der Waals surface area contributed by atoms with Crippen molar-refractivity contribution in [3.8, 4) is 0 Å². The molecule has 0 bridgehead atoms. The summed E-state index contributed by atoms with van der Waals surface area (Å²) in [5.74, 6) is -0.109. The SMILES string of the molecule is CCN(C)C(=O)[C@@H]1CC[C@H](NC(=O)Cn2cnc3ccsc3c2=O)CN(C)C1. The number of nitrogens with zero attached hydrogens (tertiary/aromatic N) is 4. The van der Waals surface area contributed by atoms with E-state index >= 15 is 0 Å². The highest BCUT2D eigenvalue weighted by Gasteiger charge is 2.29. The van der Waals surface area contributed by atoms with Gasteiger partial charge in [-0.25, -0.2) is 4.98 Å². The maximum atomic E-state index is 12.5. The molecular formula is C19H27N5O3S. The standard InChI is InChI=1S/C19H27N5O3S/c1-4-23(3)18(26)13-5-6-14(10-22(2)9-13)21-16(25)11-24-12-20-15-7-8-28-17(15)19(24)27/h7-8,12-14H,4-6,9-11H2,1-3H3,(H,21,25)/t13-,14+/m1/s1. The van der Waals surface area contributed by atoms with Crippen molar-refractivity contribution in [3.63, 3.8) is 0 Å². The number of nitrogens with one attached hydrogen (secondary N) is 1. The van der Waals surface area contributed by atoms with Crippen LogP contribution in [0.1, 0.15) is 19.8 Å². The van der Waals surface area contributed by atoms with Crippen LogP contribution in [-0.4, -0.2) is 70.9 Å². The molecule has 8 nitrogen and oxygen atoms in total. The molecular weight excluding hydrogens is 378 g/mol. The van der Waals surface area contributed by atoms with E-state index in [4.69, 9.17) is 0 Å². The van der Waals surface area contributed by atoms with Crippen LogP contribution >= 0.6 is 11.3 Å². The first-order valence-corrected chi connectivity index (χ1v) is 10.4. The molecule has 0 aliphatic carbocycles. The van der Waals surface area contributed by atoms with Gasteiger partial charge in [-0.2, -0.15) is 0 Å². The average molecular weight is 406 g/mol. The van der Waals surface area contributed by atoms with Gasteiger partial charge in [-0.3, -0.25) is 19.0 Å². The van der Waals surface area contributed by atoms with Crippen LogP contribution in [0.3, 0.4) is 0 Å². The van der Waals surface area contributed by atoms with Gasteiger partial charge in [0.1, 0.15) is 11.2 Å². The summed E-state index contributed by atoms with van der Waals surface area (Å²) in [7, 11) is 3.79. The lowest BCUT2D eigenvalue weighted by molar-refractivity contribution is -0.134. The molecule has 152 valence electrons. The predicted molar refractivity (Wildman–Crippen MR) is 109 cm³/mol. The fourth-order valence-electron chi connectivity index (χ4n) is 3.62. The zero-order valence-electron chi connectivity index (χ0n) is 16.6. The van der Waals surface area contributed by atoms with Gasteiger partial charge in [0.25, 0.3) is 5.56 Å². The fourth-order valence-corrected chi connectivity index (χ4v) is 4.41. The minimum absolute atomic E-state index is 0.0450. The van der Waals surface area contributed by atoms with Gasteiger partial charge in [-0.15, -0.1) is 11.3 Å². The third-order valence-corrected chi connectivity index (χ3v) is 6.13. The van der Waals surface area contributed by atoms with Crippen LogP contribution in [0.25, 0.3) is 10.2 Å². The lowest BCUT2D eigenvalue weighted by Crippen LogP contribution is -2.44. The van der Waals surface area contributed by atoms with Gasteiger partial charge in [0.2, 0.25) is 11.8 Å². The zero-order valence-corrected chi connectivity index (χ0v) is 17.4. The second kappa shape index (κ2) is 8.83. The highest BCUT2D eigenvalue weighted by Crippen LogP contribution is 2.18. The number of likely N-dealkylation sites (tertiary alicyclic amines) is 1. The van der Waals surface area contributed by atoms with Gasteiger partial charge in [-0.05, 0) is 38.3 Å². The molecule has 3 rings (SSSR count). The molecule has 9 heteroatoms. The Morgan fingerprint density at radius 3 is 2.89 bits per heavy atom. The molecule has 1 aliphatic rings. The van der Waals surface area contributed by atoms with Crippen LogP contribution in [0.2, 0.25) is 0 Å². The lowest BCUT2D eigenvalue weighted by Gasteiger charge is -2.24. The molecule has 2 aromatic heterocycles. The number of amides is 2. The molecule has 1 saturated heterocycles. The van der Waals surface area contributed by atoms with E-state index in [-0.39, 0.29) is 35.9 Å². The Kier molecular flexibility index (Phi) is 6.46. The van der Waals surface area contributed by atoms with Crippen molar-refractivity contribution in [1.82, 2.24) is 24.7 Å². The molecule has 0 aromatic carbocycles. The van der Waals surface area contributed by atoms with Gasteiger partial charge in [0.15, 0.2) is 0 Å². The summed E-state index contributed by atoms with van der Waals surface area (Å²) in [5, 5.41) is 4.84. The Balaban J connectivity index is 1.61. The zero-order chi connectivity index (χ0) is 20.3. The Morgan fingerprint density at radius 1 is 1.36 bits per heavy atom. The minimum atomic E-state index is -0.214. The molecule has 0 spiro atoms. The molecule has 2 aromatic rings. The molecule has 1 N–H and O–H groups in total. The highest BCUT2D eigenvalue weighted by molar-refractivity contribution is 7.17. The summed E-state index contributed by atoms with van der Waals surface area (Å²) in [6.45, 7) is 3.97. The van der Waals surface area contributed by atoms with E-state index in [0.717, 1.165) is 12.8 Å².